The number of piperidine rings is 1. The first-order valence-electron chi connectivity index (χ1n) is 13.4. The molecule has 1 saturated carbocycles. The van der Waals surface area contributed by atoms with Crippen LogP contribution in [0.5, 0.6) is 5.75 Å². The summed E-state index contributed by atoms with van der Waals surface area (Å²) in [6.07, 6.45) is 6.27. The number of nitrogens with two attached hydrogens (primary N) is 1. The monoisotopic (exact) mass is 510 g/mol. The second-order valence-corrected chi connectivity index (χ2v) is 10.9. The standard InChI is InChI=1S/C29H34N8O/c1-19-10-14-36(23-18-22(34-35-28(23)30)21-5-3-4-6-24(21)38)15-16-37(19)27-9-13-31-26(33-27)8-12-29(2)11-7-20-17-25(29)32-20/h3-6,9,13,18-20,25,32,38H,7,10-11,14-17H2,1-2H3,(H2,30,35)/t19-,20-,25?,29?/m1/s1. The third-order valence-corrected chi connectivity index (χ3v) is 8.42. The van der Waals surface area contributed by atoms with Crippen molar-refractivity contribution < 1.29 is 5.11 Å². The van der Waals surface area contributed by atoms with Gasteiger partial charge >= 0.3 is 0 Å². The number of nitrogens with zero attached hydrogens (tertiary/aromatic N) is 6. The summed E-state index contributed by atoms with van der Waals surface area (Å²) in [5, 5.41) is 22.4. The molecule has 9 nitrogen and oxygen atoms in total. The highest BCUT2D eigenvalue weighted by Crippen LogP contribution is 2.42. The van der Waals surface area contributed by atoms with Gasteiger partial charge in [-0.25, -0.2) is 9.97 Å². The second kappa shape index (κ2) is 9.76. The normalized spacial score (nSPS) is 26.6. The van der Waals surface area contributed by atoms with Crippen molar-refractivity contribution in [1.82, 2.24) is 25.5 Å². The fourth-order valence-electron chi connectivity index (χ4n) is 5.86. The van der Waals surface area contributed by atoms with E-state index in [1.807, 2.05) is 30.5 Å². The molecule has 5 heterocycles. The number of phenolic OH excluding ortho intramolecular Hbond substituents is 1. The van der Waals surface area contributed by atoms with Crippen molar-refractivity contribution in [2.75, 3.05) is 35.2 Å². The summed E-state index contributed by atoms with van der Waals surface area (Å²) in [4.78, 5) is 13.9. The van der Waals surface area contributed by atoms with Crippen LogP contribution in [0, 0.1) is 17.3 Å². The maximum absolute atomic E-state index is 10.3. The summed E-state index contributed by atoms with van der Waals surface area (Å²) >= 11 is 0. The SMILES string of the molecule is C[C@@H]1CCN(c2cc(-c3ccccc3O)nnc2N)CCN1c1ccnc(C#CC2(C)CC[C@@H]3CC2N3)n1. The quantitative estimate of drug-likeness (QED) is 0.457. The fraction of sp³-hybridized carbons (Fsp3) is 0.448. The molecule has 2 bridgehead atoms. The third kappa shape index (κ3) is 4.61. The lowest BCUT2D eigenvalue weighted by Crippen LogP contribution is -2.63. The van der Waals surface area contributed by atoms with E-state index >= 15 is 0 Å². The molecule has 0 radical (unpaired) electrons. The molecule has 7 rings (SSSR count). The van der Waals surface area contributed by atoms with Crippen LogP contribution in [0.1, 0.15) is 45.4 Å². The smallest absolute Gasteiger partial charge is 0.206 e. The average molecular weight is 511 g/mol. The van der Waals surface area contributed by atoms with Crippen molar-refractivity contribution in [2.24, 2.45) is 5.41 Å². The number of anilines is 3. The molecule has 4 atom stereocenters. The minimum absolute atomic E-state index is 0.0155. The van der Waals surface area contributed by atoms with Crippen LogP contribution < -0.4 is 20.9 Å². The summed E-state index contributed by atoms with van der Waals surface area (Å²) in [5.74, 6) is 8.81. The van der Waals surface area contributed by atoms with Gasteiger partial charge in [0.15, 0.2) is 5.82 Å². The first-order chi connectivity index (χ1) is 18.4. The van der Waals surface area contributed by atoms with E-state index in [0.717, 1.165) is 44.0 Å². The van der Waals surface area contributed by atoms with Crippen molar-refractivity contribution in [2.45, 2.75) is 57.7 Å². The van der Waals surface area contributed by atoms with Gasteiger partial charge in [0.05, 0.1) is 11.4 Å². The molecule has 38 heavy (non-hydrogen) atoms. The summed E-state index contributed by atoms with van der Waals surface area (Å²) < 4.78 is 0. The van der Waals surface area contributed by atoms with Gasteiger partial charge in [0.2, 0.25) is 5.82 Å². The molecule has 3 saturated heterocycles. The van der Waals surface area contributed by atoms with E-state index in [1.165, 1.54) is 12.8 Å². The lowest BCUT2D eigenvalue weighted by atomic mass is 9.65. The molecule has 3 aliphatic heterocycles. The average Bonchev–Trinajstić information content (AvgIpc) is 3.09. The van der Waals surface area contributed by atoms with Gasteiger partial charge in [-0.3, -0.25) is 0 Å². The van der Waals surface area contributed by atoms with Crippen LogP contribution in [0.3, 0.4) is 0 Å². The van der Waals surface area contributed by atoms with Crippen molar-refractivity contribution in [3.63, 3.8) is 0 Å². The van der Waals surface area contributed by atoms with Crippen LogP contribution >= 0.6 is 0 Å². The predicted molar refractivity (Wildman–Crippen MR) is 149 cm³/mol. The Kier molecular flexibility index (Phi) is 6.28. The minimum Gasteiger partial charge on any atom is -0.507 e. The zero-order valence-corrected chi connectivity index (χ0v) is 21.9. The van der Waals surface area contributed by atoms with Gasteiger partial charge in [0, 0.05) is 54.9 Å². The van der Waals surface area contributed by atoms with E-state index < -0.39 is 0 Å². The highest BCUT2D eigenvalue weighted by atomic mass is 16.3. The van der Waals surface area contributed by atoms with E-state index in [9.17, 15) is 5.11 Å². The number of hydrogen-bond acceptors (Lipinski definition) is 9. The van der Waals surface area contributed by atoms with Crippen molar-refractivity contribution >= 4 is 17.3 Å². The number of fused-ring (bicyclic) bond motifs is 2. The molecule has 4 aliphatic rings. The Labute approximate surface area is 223 Å². The number of aromatic nitrogens is 4. The Morgan fingerprint density at radius 3 is 2.76 bits per heavy atom. The topological polar surface area (TPSA) is 116 Å². The Balaban J connectivity index is 1.20. The van der Waals surface area contributed by atoms with Gasteiger partial charge in [-0.1, -0.05) is 18.1 Å². The van der Waals surface area contributed by atoms with Crippen LogP contribution in [0.2, 0.25) is 0 Å². The Bertz CT molecular complexity index is 1390. The highest BCUT2D eigenvalue weighted by Gasteiger charge is 2.46. The molecule has 2 aromatic heterocycles. The fourth-order valence-corrected chi connectivity index (χ4v) is 5.86. The molecule has 1 aromatic carbocycles. The molecular weight excluding hydrogens is 476 g/mol. The number of aromatic hydroxyl groups is 1. The molecule has 0 spiro atoms. The van der Waals surface area contributed by atoms with Crippen LogP contribution in [-0.2, 0) is 0 Å². The summed E-state index contributed by atoms with van der Waals surface area (Å²) in [5.41, 5.74) is 8.32. The molecule has 196 valence electrons. The zero-order valence-electron chi connectivity index (χ0n) is 21.9. The zero-order chi connectivity index (χ0) is 26.3. The molecule has 9 heteroatoms. The van der Waals surface area contributed by atoms with E-state index in [2.05, 4.69) is 56.0 Å². The van der Waals surface area contributed by atoms with Crippen LogP contribution in [0.25, 0.3) is 11.3 Å². The van der Waals surface area contributed by atoms with Crippen LogP contribution in [0.4, 0.5) is 17.3 Å². The van der Waals surface area contributed by atoms with Crippen molar-refractivity contribution in [3.05, 3.63) is 48.4 Å². The second-order valence-electron chi connectivity index (χ2n) is 10.9. The maximum Gasteiger partial charge on any atom is 0.206 e. The molecule has 4 N–H and O–H groups in total. The molecule has 0 amide bonds. The Morgan fingerprint density at radius 1 is 1.13 bits per heavy atom. The largest absolute Gasteiger partial charge is 0.507 e. The minimum atomic E-state index is -0.0155. The van der Waals surface area contributed by atoms with Gasteiger partial charge in [-0.15, -0.1) is 10.2 Å². The molecule has 2 unspecified atom stereocenters. The summed E-state index contributed by atoms with van der Waals surface area (Å²) in [7, 11) is 0. The predicted octanol–water partition coefficient (Wildman–Crippen LogP) is 3.21. The summed E-state index contributed by atoms with van der Waals surface area (Å²) in [6, 6.07) is 12.5. The van der Waals surface area contributed by atoms with E-state index in [1.54, 1.807) is 12.1 Å². The Morgan fingerprint density at radius 2 is 1.97 bits per heavy atom. The number of para-hydroxylation sites is 1. The van der Waals surface area contributed by atoms with Crippen LogP contribution in [-0.4, -0.2) is 63.0 Å². The number of nitrogen functional groups attached to an aromatic ring is 1. The lowest BCUT2D eigenvalue weighted by molar-refractivity contribution is 0.0783. The maximum atomic E-state index is 10.3. The number of rotatable bonds is 3. The molecule has 1 aliphatic carbocycles. The molecule has 3 aromatic rings. The highest BCUT2D eigenvalue weighted by molar-refractivity contribution is 5.74. The van der Waals surface area contributed by atoms with Gasteiger partial charge in [0.1, 0.15) is 11.6 Å². The molecule has 4 fully saturated rings. The van der Waals surface area contributed by atoms with E-state index in [-0.39, 0.29) is 17.2 Å². The van der Waals surface area contributed by atoms with Gasteiger partial charge in [-0.2, -0.15) is 0 Å². The first kappa shape index (κ1) is 24.4. The van der Waals surface area contributed by atoms with Gasteiger partial charge in [0.25, 0.3) is 0 Å². The number of benzene rings is 1. The molecular formula is C29H34N8O. The van der Waals surface area contributed by atoms with Crippen molar-refractivity contribution in [3.8, 4) is 28.8 Å². The third-order valence-electron chi connectivity index (χ3n) is 8.42. The first-order valence-corrected chi connectivity index (χ1v) is 13.4. The van der Waals surface area contributed by atoms with Crippen molar-refractivity contribution in [1.29, 1.82) is 0 Å². The summed E-state index contributed by atoms with van der Waals surface area (Å²) in [6.45, 7) is 6.81. The number of phenols is 1. The lowest BCUT2D eigenvalue weighted by Gasteiger charge is -2.52. The van der Waals surface area contributed by atoms with E-state index in [0.29, 0.717) is 35.0 Å². The van der Waals surface area contributed by atoms with Gasteiger partial charge in [-0.05, 0) is 69.7 Å². The number of nitrogens with one attached hydrogen (secondary N) is 1. The number of hydrogen-bond donors (Lipinski definition) is 3. The van der Waals surface area contributed by atoms with Crippen LogP contribution in [0.15, 0.2) is 42.6 Å². The van der Waals surface area contributed by atoms with E-state index in [4.69, 9.17) is 10.7 Å². The Hall–Kier alpha value is -3.90. The van der Waals surface area contributed by atoms with Gasteiger partial charge < -0.3 is 26.0 Å².